The number of H-pyrrole nitrogens is 1. The lowest BCUT2D eigenvalue weighted by Gasteiger charge is -2.18. The average molecular weight is 400 g/mol. The molecule has 6 nitrogen and oxygen atoms in total. The molecule has 0 aliphatic carbocycles. The Kier molecular flexibility index (Phi) is 6.79. The van der Waals surface area contributed by atoms with Gasteiger partial charge in [0.05, 0.1) is 17.4 Å². The van der Waals surface area contributed by atoms with Crippen LogP contribution in [0.3, 0.4) is 0 Å². The number of unbranched alkanes of at least 4 members (excludes halogenated alkanes) is 1. The smallest absolute Gasteiger partial charge is 0.279 e. The first-order chi connectivity index (χ1) is 13.5. The van der Waals surface area contributed by atoms with Gasteiger partial charge in [0, 0.05) is 10.7 Å². The summed E-state index contributed by atoms with van der Waals surface area (Å²) in [6, 6.07) is 14.3. The molecule has 0 fully saturated rings. The number of aromatic nitrogens is 2. The number of carbonyl (C=O) groups is 1. The standard InChI is InChI=1S/C21H23ClN4O2/c1-2-3-11-26(14-20(27)23-16-8-6-7-15(22)12-16)13-19-24-18-10-5-4-9-17(18)21(28)25-19/h4-10,12H,2-3,11,13-14H2,1H3,(H,23,27)(H,24,25,28)/p+1. The van der Waals surface area contributed by atoms with Gasteiger partial charge in [0.25, 0.3) is 11.5 Å². The molecule has 0 saturated carbocycles. The van der Waals surface area contributed by atoms with Crippen LogP contribution in [-0.2, 0) is 11.3 Å². The van der Waals surface area contributed by atoms with Gasteiger partial charge < -0.3 is 15.2 Å². The van der Waals surface area contributed by atoms with Crippen LogP contribution in [0.15, 0.2) is 53.3 Å². The lowest BCUT2D eigenvalue weighted by Crippen LogP contribution is -3.12. The highest BCUT2D eigenvalue weighted by Gasteiger charge is 2.17. The number of amides is 1. The molecule has 0 radical (unpaired) electrons. The van der Waals surface area contributed by atoms with Crippen LogP contribution >= 0.6 is 11.6 Å². The van der Waals surface area contributed by atoms with E-state index in [0.29, 0.717) is 34.0 Å². The summed E-state index contributed by atoms with van der Waals surface area (Å²) in [5.41, 5.74) is 1.18. The maximum absolute atomic E-state index is 12.5. The first kappa shape index (κ1) is 20.0. The van der Waals surface area contributed by atoms with Crippen molar-refractivity contribution < 1.29 is 9.69 Å². The molecule has 7 heteroatoms. The summed E-state index contributed by atoms with van der Waals surface area (Å²) in [5.74, 6) is 0.488. The Bertz CT molecular complexity index is 1020. The molecule has 2 aromatic carbocycles. The summed E-state index contributed by atoms with van der Waals surface area (Å²) in [5, 5.41) is 4.02. The third kappa shape index (κ3) is 5.41. The minimum absolute atomic E-state index is 0.100. The van der Waals surface area contributed by atoms with Crippen molar-refractivity contribution in [3.63, 3.8) is 0 Å². The average Bonchev–Trinajstić information content (AvgIpc) is 2.66. The quantitative estimate of drug-likeness (QED) is 0.544. The third-order valence-corrected chi connectivity index (χ3v) is 4.72. The van der Waals surface area contributed by atoms with E-state index in [1.807, 2.05) is 18.2 Å². The van der Waals surface area contributed by atoms with E-state index in [2.05, 4.69) is 22.2 Å². The molecule has 28 heavy (non-hydrogen) atoms. The van der Waals surface area contributed by atoms with Crippen LogP contribution in [0.4, 0.5) is 5.69 Å². The van der Waals surface area contributed by atoms with Crippen molar-refractivity contribution in [3.05, 3.63) is 69.7 Å². The van der Waals surface area contributed by atoms with Crippen LogP contribution in [0.1, 0.15) is 25.6 Å². The Balaban J connectivity index is 1.73. The first-order valence-electron chi connectivity index (χ1n) is 9.42. The van der Waals surface area contributed by atoms with Gasteiger partial charge in [-0.05, 0) is 36.8 Å². The molecule has 3 N–H and O–H groups in total. The highest BCUT2D eigenvalue weighted by atomic mass is 35.5. The lowest BCUT2D eigenvalue weighted by molar-refractivity contribution is -0.906. The van der Waals surface area contributed by atoms with E-state index >= 15 is 0 Å². The van der Waals surface area contributed by atoms with Crippen molar-refractivity contribution in [2.24, 2.45) is 0 Å². The molecule has 0 saturated heterocycles. The molecular formula is C21H24ClN4O2+. The van der Waals surface area contributed by atoms with Crippen LogP contribution in [0.5, 0.6) is 0 Å². The maximum Gasteiger partial charge on any atom is 0.279 e. The zero-order chi connectivity index (χ0) is 19.9. The molecular weight excluding hydrogens is 376 g/mol. The lowest BCUT2D eigenvalue weighted by atomic mass is 10.2. The minimum atomic E-state index is -0.154. The second-order valence-corrected chi connectivity index (χ2v) is 7.23. The fourth-order valence-electron chi connectivity index (χ4n) is 3.12. The molecule has 0 spiro atoms. The van der Waals surface area contributed by atoms with Crippen molar-refractivity contribution in [2.75, 3.05) is 18.4 Å². The first-order valence-corrected chi connectivity index (χ1v) is 9.80. The number of carbonyl (C=O) groups excluding carboxylic acids is 1. The Hall–Kier alpha value is -2.70. The topological polar surface area (TPSA) is 79.3 Å². The molecule has 1 aromatic heterocycles. The van der Waals surface area contributed by atoms with Crippen molar-refractivity contribution in [2.45, 2.75) is 26.3 Å². The minimum Gasteiger partial charge on any atom is -0.321 e. The number of quaternary nitrogens is 1. The van der Waals surface area contributed by atoms with Gasteiger partial charge in [0.15, 0.2) is 12.4 Å². The molecule has 146 valence electrons. The number of nitrogens with one attached hydrogen (secondary N) is 3. The summed E-state index contributed by atoms with van der Waals surface area (Å²) in [4.78, 5) is 33.2. The normalized spacial score (nSPS) is 12.1. The molecule has 0 bridgehead atoms. The summed E-state index contributed by atoms with van der Waals surface area (Å²) >= 11 is 5.97. The number of anilines is 1. The zero-order valence-corrected chi connectivity index (χ0v) is 16.6. The van der Waals surface area contributed by atoms with E-state index in [1.54, 1.807) is 30.3 Å². The molecule has 1 atom stereocenters. The number of fused-ring (bicyclic) bond motifs is 1. The van der Waals surface area contributed by atoms with Crippen molar-refractivity contribution in [3.8, 4) is 0 Å². The largest absolute Gasteiger partial charge is 0.321 e. The van der Waals surface area contributed by atoms with Crippen LogP contribution in [-0.4, -0.2) is 29.0 Å². The molecule has 3 aromatic rings. The number of aromatic amines is 1. The Morgan fingerprint density at radius 3 is 2.82 bits per heavy atom. The van der Waals surface area contributed by atoms with Gasteiger partial charge in [-0.2, -0.15) is 0 Å². The fourth-order valence-corrected chi connectivity index (χ4v) is 3.31. The molecule has 1 unspecified atom stereocenters. The van der Waals surface area contributed by atoms with E-state index in [4.69, 9.17) is 11.6 Å². The van der Waals surface area contributed by atoms with Gasteiger partial charge in [-0.1, -0.05) is 43.1 Å². The molecule has 1 amide bonds. The highest BCUT2D eigenvalue weighted by Crippen LogP contribution is 2.14. The van der Waals surface area contributed by atoms with Crippen LogP contribution in [0.25, 0.3) is 10.9 Å². The van der Waals surface area contributed by atoms with Crippen molar-refractivity contribution >= 4 is 34.1 Å². The van der Waals surface area contributed by atoms with Crippen LogP contribution < -0.4 is 15.8 Å². The van der Waals surface area contributed by atoms with E-state index in [0.717, 1.165) is 24.3 Å². The SMILES string of the molecule is CCCC[NH+](CC(=O)Nc1cccc(Cl)c1)Cc1nc2ccccc2c(=O)[nH]1. The van der Waals surface area contributed by atoms with Gasteiger partial charge in [-0.25, -0.2) is 4.98 Å². The summed E-state index contributed by atoms with van der Waals surface area (Å²) < 4.78 is 0. The molecule has 1 heterocycles. The van der Waals surface area contributed by atoms with Gasteiger partial charge >= 0.3 is 0 Å². The Morgan fingerprint density at radius 2 is 2.04 bits per heavy atom. The third-order valence-electron chi connectivity index (χ3n) is 4.48. The van der Waals surface area contributed by atoms with Crippen molar-refractivity contribution in [1.29, 1.82) is 0 Å². The highest BCUT2D eigenvalue weighted by molar-refractivity contribution is 6.30. The van der Waals surface area contributed by atoms with Crippen LogP contribution in [0.2, 0.25) is 5.02 Å². The number of nitrogens with zero attached hydrogens (tertiary/aromatic N) is 1. The monoisotopic (exact) mass is 399 g/mol. The molecule has 3 rings (SSSR count). The van der Waals surface area contributed by atoms with Gasteiger partial charge in [0.1, 0.15) is 6.54 Å². The van der Waals surface area contributed by atoms with Crippen LogP contribution in [0, 0.1) is 0 Å². The second kappa shape index (κ2) is 9.48. The second-order valence-electron chi connectivity index (χ2n) is 6.80. The fraction of sp³-hybridized carbons (Fsp3) is 0.286. The Labute approximate surface area is 168 Å². The Morgan fingerprint density at radius 1 is 1.21 bits per heavy atom. The van der Waals surface area contributed by atoms with E-state index in [1.165, 1.54) is 0 Å². The predicted molar refractivity (Wildman–Crippen MR) is 112 cm³/mol. The van der Waals surface area contributed by atoms with Gasteiger partial charge in [-0.3, -0.25) is 9.59 Å². The summed E-state index contributed by atoms with van der Waals surface area (Å²) in [7, 11) is 0. The number of rotatable bonds is 8. The number of benzene rings is 2. The van der Waals surface area contributed by atoms with Gasteiger partial charge in [-0.15, -0.1) is 0 Å². The van der Waals surface area contributed by atoms with Crippen molar-refractivity contribution in [1.82, 2.24) is 9.97 Å². The number of para-hydroxylation sites is 1. The number of hydrogen-bond donors (Lipinski definition) is 3. The van der Waals surface area contributed by atoms with Gasteiger partial charge in [0.2, 0.25) is 0 Å². The van der Waals surface area contributed by atoms with E-state index < -0.39 is 0 Å². The zero-order valence-electron chi connectivity index (χ0n) is 15.8. The van der Waals surface area contributed by atoms with E-state index in [9.17, 15) is 9.59 Å². The van der Waals surface area contributed by atoms with E-state index in [-0.39, 0.29) is 18.0 Å². The molecule has 0 aliphatic heterocycles. The number of halogens is 1. The number of hydrogen-bond acceptors (Lipinski definition) is 3. The maximum atomic E-state index is 12.5. The molecule has 0 aliphatic rings. The summed E-state index contributed by atoms with van der Waals surface area (Å²) in [6.45, 7) is 3.68. The summed E-state index contributed by atoms with van der Waals surface area (Å²) in [6.07, 6.45) is 2.01. The predicted octanol–water partition coefficient (Wildman–Crippen LogP) is 2.40.